The fourth-order valence-corrected chi connectivity index (χ4v) is 6.37. The van der Waals surface area contributed by atoms with Gasteiger partial charge in [0.1, 0.15) is 5.84 Å². The first-order valence-corrected chi connectivity index (χ1v) is 12.2. The molecule has 1 aromatic carbocycles. The van der Waals surface area contributed by atoms with Gasteiger partial charge in [-0.25, -0.2) is 0 Å². The molecule has 0 saturated heterocycles. The van der Waals surface area contributed by atoms with Gasteiger partial charge in [0.05, 0.1) is 12.2 Å². The van der Waals surface area contributed by atoms with Gasteiger partial charge in [0.2, 0.25) is 0 Å². The highest BCUT2D eigenvalue weighted by Crippen LogP contribution is 2.41. The molecule has 0 fully saturated rings. The summed E-state index contributed by atoms with van der Waals surface area (Å²) in [7, 11) is 0. The van der Waals surface area contributed by atoms with Gasteiger partial charge in [-0.1, -0.05) is 56.9 Å². The molecule has 1 aromatic rings. The maximum atomic E-state index is 11.4. The minimum Gasteiger partial charge on any atom is -0.466 e. The fourth-order valence-electron chi connectivity index (χ4n) is 3.58. The largest absolute Gasteiger partial charge is 0.466 e. The van der Waals surface area contributed by atoms with Crippen molar-refractivity contribution < 1.29 is 12.6 Å². The van der Waals surface area contributed by atoms with E-state index in [0.29, 0.717) is 13.0 Å². The van der Waals surface area contributed by atoms with Crippen molar-refractivity contribution in [2.24, 2.45) is 5.73 Å². The van der Waals surface area contributed by atoms with Gasteiger partial charge in [-0.3, -0.25) is 10.2 Å². The molecule has 0 bridgehead atoms. The summed E-state index contributed by atoms with van der Waals surface area (Å²) in [6, 6.07) is 8.01. The number of carbonyl (C=O) groups is 1. The summed E-state index contributed by atoms with van der Waals surface area (Å²) in [5.41, 5.74) is 7.56. The molecule has 28 heavy (non-hydrogen) atoms. The third-order valence-electron chi connectivity index (χ3n) is 5.06. The number of hydrogen-bond donors (Lipinski definition) is 2. The number of rotatable bonds is 12. The first kappa shape index (κ1) is 23.0. The van der Waals surface area contributed by atoms with E-state index < -0.39 is 21.1 Å². The second-order valence-corrected chi connectivity index (χ2v) is 9.56. The number of nitrogens with one attached hydrogen (secondary N) is 1. The number of unbranched alkanes of at least 4 members (excludes halogenated alkanes) is 3. The molecule has 1 heterocycles. The Kier molecular flexibility index (Phi) is 9.58. The van der Waals surface area contributed by atoms with E-state index >= 15 is 0 Å². The van der Waals surface area contributed by atoms with E-state index in [-0.39, 0.29) is 17.4 Å². The zero-order valence-corrected chi connectivity index (χ0v) is 19.2. The average molecular weight is 500 g/mol. The van der Waals surface area contributed by atoms with Crippen LogP contribution < -0.4 is 5.73 Å². The molecule has 0 amide bonds. The number of ether oxygens (including phenoxy) is 1. The Morgan fingerprint density at radius 2 is 1.89 bits per heavy atom. The number of nitrogen functional groups attached to an aromatic ring is 1. The average Bonchev–Trinajstić information content (AvgIpc) is 3.09. The summed E-state index contributed by atoms with van der Waals surface area (Å²) in [4.78, 5) is 11.4. The van der Waals surface area contributed by atoms with Crippen molar-refractivity contribution in [1.82, 2.24) is 0 Å². The van der Waals surface area contributed by atoms with Gasteiger partial charge in [0.15, 0.2) is 0 Å². The summed E-state index contributed by atoms with van der Waals surface area (Å²) in [5.74, 6) is 0.0288. The molecule has 1 aliphatic heterocycles. The molecule has 0 radical (unpaired) electrons. The van der Waals surface area contributed by atoms with Crippen LogP contribution in [0.4, 0.5) is 0 Å². The molecule has 1 aliphatic rings. The topological polar surface area (TPSA) is 85.4 Å². The lowest BCUT2D eigenvalue weighted by Gasteiger charge is -2.27. The van der Waals surface area contributed by atoms with E-state index in [4.69, 9.17) is 18.9 Å². The molecule has 0 saturated carbocycles. The molecule has 5 nitrogen and oxygen atoms in total. The van der Waals surface area contributed by atoms with Crippen LogP contribution in [0.3, 0.4) is 0 Å². The lowest BCUT2D eigenvalue weighted by Crippen LogP contribution is -2.29. The molecule has 3 N–H and O–H groups in total. The van der Waals surface area contributed by atoms with Gasteiger partial charge in [0.25, 0.3) is 0 Å². The van der Waals surface area contributed by atoms with Crippen LogP contribution in [0.1, 0.15) is 82.8 Å². The first-order valence-electron chi connectivity index (χ1n) is 10.3. The quantitative estimate of drug-likeness (QED) is 0.135. The van der Waals surface area contributed by atoms with Crippen LogP contribution in [0.15, 0.2) is 24.3 Å². The van der Waals surface area contributed by atoms with E-state index in [1.54, 1.807) is 0 Å². The van der Waals surface area contributed by atoms with Crippen LogP contribution in [0.2, 0.25) is 0 Å². The van der Waals surface area contributed by atoms with Crippen molar-refractivity contribution in [3.63, 3.8) is 0 Å². The van der Waals surface area contributed by atoms with E-state index in [2.05, 4.69) is 19.1 Å². The number of carbonyl (C=O) groups excluding carboxylic acids is 1. The highest BCUT2D eigenvalue weighted by Gasteiger charge is 2.36. The van der Waals surface area contributed by atoms with Crippen LogP contribution in [-0.2, 0) is 12.6 Å². The monoisotopic (exact) mass is 500 g/mol. The first-order chi connectivity index (χ1) is 13.5. The van der Waals surface area contributed by atoms with Crippen molar-refractivity contribution in [3.05, 3.63) is 35.4 Å². The van der Waals surface area contributed by atoms with E-state index in [1.165, 1.54) is 9.07 Å². The van der Waals surface area contributed by atoms with Crippen molar-refractivity contribution in [1.29, 1.82) is 5.41 Å². The number of hydrogen-bond acceptors (Lipinski definition) is 4. The Labute approximate surface area is 179 Å². The third kappa shape index (κ3) is 6.95. The third-order valence-corrected chi connectivity index (χ3v) is 7.75. The number of nitrogens with two attached hydrogens (primary N) is 1. The van der Waals surface area contributed by atoms with Gasteiger partial charge in [-0.2, -0.15) is 0 Å². The molecule has 0 aliphatic carbocycles. The minimum atomic E-state index is -0.402. The Morgan fingerprint density at radius 3 is 2.54 bits per heavy atom. The second-order valence-electron chi connectivity index (χ2n) is 7.38. The van der Waals surface area contributed by atoms with Gasteiger partial charge < -0.3 is 13.5 Å². The molecule has 0 spiro atoms. The molecular weight excluding hydrogens is 467 g/mol. The van der Waals surface area contributed by atoms with Crippen molar-refractivity contribution in [2.75, 3.05) is 6.61 Å². The Morgan fingerprint density at radius 1 is 1.18 bits per heavy atom. The zero-order chi connectivity index (χ0) is 20.4. The number of halogens is 1. The summed E-state index contributed by atoms with van der Waals surface area (Å²) in [5, 5.41) is 7.53. The Balaban J connectivity index is 1.81. The molecule has 1 atom stereocenters. The van der Waals surface area contributed by atoms with Gasteiger partial charge in [-0.05, 0) is 31.7 Å². The maximum absolute atomic E-state index is 11.4. The Bertz CT molecular complexity index is 688. The normalized spacial score (nSPS) is 19.0. The van der Waals surface area contributed by atoms with Gasteiger partial charge >= 0.3 is 5.97 Å². The second kappa shape index (κ2) is 11.7. The Hall–Kier alpha value is -1.28. The number of benzene rings is 1. The molecule has 6 heteroatoms. The van der Waals surface area contributed by atoms with Gasteiger partial charge in [-0.15, -0.1) is 0 Å². The lowest BCUT2D eigenvalue weighted by atomic mass is 9.85. The van der Waals surface area contributed by atoms with Crippen molar-refractivity contribution in [3.8, 4) is 0 Å². The van der Waals surface area contributed by atoms with Crippen LogP contribution in [-0.4, -0.2) is 27.5 Å². The molecule has 0 aromatic heterocycles. The smallest absolute Gasteiger partial charge is 0.305 e. The van der Waals surface area contributed by atoms with E-state index in [9.17, 15) is 4.79 Å². The van der Waals surface area contributed by atoms with Crippen LogP contribution in [0.5, 0.6) is 0 Å². The summed E-state index contributed by atoms with van der Waals surface area (Å²) in [6.07, 6.45) is 9.13. The summed E-state index contributed by atoms with van der Waals surface area (Å²) < 4.78 is 12.9. The highest BCUT2D eigenvalue weighted by atomic mass is 127. The van der Waals surface area contributed by atoms with Crippen molar-refractivity contribution >= 4 is 36.5 Å². The minimum absolute atomic E-state index is 0.00223. The van der Waals surface area contributed by atoms with Crippen LogP contribution in [0.25, 0.3) is 0 Å². The van der Waals surface area contributed by atoms with E-state index in [0.717, 1.165) is 56.9 Å². The predicted octanol–water partition coefficient (Wildman–Crippen LogP) is 5.24. The SMILES string of the molecule is CCCC1(CCCCCCC(=O)OCC)CC(c2ccc(C(=N)N)cc2)=IO1. The van der Waals surface area contributed by atoms with Gasteiger partial charge in [0, 0.05) is 43.1 Å². The molecule has 1 unspecified atom stereocenters. The lowest BCUT2D eigenvalue weighted by molar-refractivity contribution is -0.143. The fraction of sp³-hybridized carbons (Fsp3) is 0.591. The van der Waals surface area contributed by atoms with Crippen LogP contribution >= 0.6 is 21.1 Å². The number of amidine groups is 1. The van der Waals surface area contributed by atoms with Crippen molar-refractivity contribution in [2.45, 2.75) is 77.2 Å². The maximum Gasteiger partial charge on any atom is 0.305 e. The summed E-state index contributed by atoms with van der Waals surface area (Å²) in [6.45, 7) is 4.54. The molecular formula is C22H33IN2O3. The van der Waals surface area contributed by atoms with E-state index in [1.807, 2.05) is 19.1 Å². The molecule has 156 valence electrons. The predicted molar refractivity (Wildman–Crippen MR) is 123 cm³/mol. The molecule has 2 rings (SSSR count). The van der Waals surface area contributed by atoms with Crippen LogP contribution in [0, 0.1) is 5.41 Å². The summed E-state index contributed by atoms with van der Waals surface area (Å²) >= 11 is -0.402. The zero-order valence-electron chi connectivity index (χ0n) is 17.1. The highest BCUT2D eigenvalue weighted by molar-refractivity contribution is 14.2. The standard InChI is InChI=1S/C22H33IN2O3/c1-3-14-22(15-8-6-5-7-9-20(26)27-4-2)16-19(23-28-22)17-10-12-18(13-11-17)21(24)25/h10-13H,3-9,14-16H2,1-2H3,(H3,24,25). The number of esters is 1.